The molecule has 2 rings (SSSR count). The Morgan fingerprint density at radius 1 is 1.34 bits per heavy atom. The molecule has 0 radical (unpaired) electrons. The predicted molar refractivity (Wildman–Crippen MR) is 101 cm³/mol. The first kappa shape index (κ1) is 22.2. The van der Waals surface area contributed by atoms with Crippen LogP contribution >= 0.6 is 0 Å². The van der Waals surface area contributed by atoms with Gasteiger partial charge in [-0.25, -0.2) is 4.79 Å². The predicted octanol–water partition coefficient (Wildman–Crippen LogP) is 1.11. The van der Waals surface area contributed by atoms with Gasteiger partial charge in [-0.05, 0) is 19.4 Å². The van der Waals surface area contributed by atoms with Crippen molar-refractivity contribution in [2.24, 2.45) is 10.9 Å². The van der Waals surface area contributed by atoms with E-state index in [-0.39, 0.29) is 17.0 Å². The van der Waals surface area contributed by atoms with Crippen molar-refractivity contribution in [2.75, 3.05) is 20.3 Å². The number of nitro groups is 1. The second-order valence-corrected chi connectivity index (χ2v) is 6.52. The molecule has 156 valence electrons. The van der Waals surface area contributed by atoms with Gasteiger partial charge in [-0.3, -0.25) is 19.9 Å². The normalized spacial score (nSPS) is 20.0. The highest BCUT2D eigenvalue weighted by Crippen LogP contribution is 2.40. The molecule has 2 N–H and O–H groups in total. The minimum atomic E-state index is -1.26. The number of nitrogens with zero attached hydrogens (tertiary/aromatic N) is 2. The number of ether oxygens (including phenoxy) is 2. The van der Waals surface area contributed by atoms with E-state index in [9.17, 15) is 24.8 Å². The highest BCUT2D eigenvalue weighted by atomic mass is 16.6. The molecule has 10 nitrogen and oxygen atoms in total. The molecule has 1 aromatic carbocycles. The Morgan fingerprint density at radius 2 is 2.03 bits per heavy atom. The number of hydrogen-bond donors (Lipinski definition) is 2. The highest BCUT2D eigenvalue weighted by Gasteiger charge is 2.42. The first-order valence-corrected chi connectivity index (χ1v) is 8.75. The molecule has 0 aliphatic carbocycles. The van der Waals surface area contributed by atoms with Crippen LogP contribution in [0.1, 0.15) is 25.3 Å². The molecule has 0 fully saturated rings. The molecule has 1 aliphatic heterocycles. The van der Waals surface area contributed by atoms with Crippen LogP contribution in [0.3, 0.4) is 0 Å². The molecule has 1 aromatic rings. The molecular formula is C19H22N2O8. The van der Waals surface area contributed by atoms with Crippen LogP contribution in [0.2, 0.25) is 0 Å². The fourth-order valence-corrected chi connectivity index (χ4v) is 3.23. The zero-order chi connectivity index (χ0) is 21.7. The van der Waals surface area contributed by atoms with Crippen LogP contribution in [-0.2, 0) is 19.1 Å². The van der Waals surface area contributed by atoms with Crippen molar-refractivity contribution in [1.29, 1.82) is 0 Å². The average molecular weight is 406 g/mol. The van der Waals surface area contributed by atoms with Crippen molar-refractivity contribution in [1.82, 2.24) is 0 Å². The molecule has 0 saturated carbocycles. The zero-order valence-corrected chi connectivity index (χ0v) is 16.2. The van der Waals surface area contributed by atoms with Crippen LogP contribution < -0.4 is 0 Å². The smallest absolute Gasteiger partial charge is 0.336 e. The number of carbonyl (C=O) groups excluding carboxylic acids is 2. The summed E-state index contributed by atoms with van der Waals surface area (Å²) < 4.78 is 9.94. The topological polar surface area (TPSA) is 149 Å². The summed E-state index contributed by atoms with van der Waals surface area (Å²) in [7, 11) is 1.20. The Bertz CT molecular complexity index is 877. The number of allylic oxidation sites excluding steroid dienone is 1. The van der Waals surface area contributed by atoms with E-state index in [1.807, 2.05) is 0 Å². The fraction of sp³-hybridized carbons (Fsp3) is 0.421. The molecule has 0 amide bonds. The van der Waals surface area contributed by atoms with Gasteiger partial charge in [0, 0.05) is 29.5 Å². The lowest BCUT2D eigenvalue weighted by atomic mass is 9.75. The molecular weight excluding hydrogens is 384 g/mol. The largest absolute Gasteiger partial charge is 0.468 e. The molecule has 3 unspecified atom stereocenters. The number of aliphatic hydroxyl groups is 2. The van der Waals surface area contributed by atoms with Gasteiger partial charge in [0.25, 0.3) is 5.69 Å². The summed E-state index contributed by atoms with van der Waals surface area (Å²) in [6.45, 7) is 2.11. The summed E-state index contributed by atoms with van der Waals surface area (Å²) in [6, 6.07) is 5.60. The summed E-state index contributed by atoms with van der Waals surface area (Å²) in [5, 5.41) is 29.6. The van der Waals surface area contributed by atoms with Crippen molar-refractivity contribution in [3.05, 3.63) is 51.2 Å². The first-order chi connectivity index (χ1) is 13.7. The van der Waals surface area contributed by atoms with Crippen LogP contribution in [0.5, 0.6) is 0 Å². The van der Waals surface area contributed by atoms with Gasteiger partial charge in [0.15, 0.2) is 0 Å². The molecule has 1 heterocycles. The minimum Gasteiger partial charge on any atom is -0.468 e. The number of methoxy groups -OCH3 is 1. The molecule has 10 heteroatoms. The number of non-ortho nitro benzene ring substituents is 1. The van der Waals surface area contributed by atoms with Crippen LogP contribution in [0.15, 0.2) is 40.5 Å². The number of esters is 2. The number of aliphatic imine (C=N–C) groups is 1. The van der Waals surface area contributed by atoms with E-state index < -0.39 is 48.0 Å². The van der Waals surface area contributed by atoms with E-state index in [1.54, 1.807) is 19.9 Å². The van der Waals surface area contributed by atoms with Crippen LogP contribution in [0.25, 0.3) is 0 Å². The van der Waals surface area contributed by atoms with Crippen molar-refractivity contribution in [2.45, 2.75) is 25.9 Å². The van der Waals surface area contributed by atoms with Gasteiger partial charge in [-0.2, -0.15) is 0 Å². The van der Waals surface area contributed by atoms with Crippen LogP contribution in [-0.4, -0.2) is 59.2 Å². The third kappa shape index (κ3) is 4.84. The Kier molecular flexibility index (Phi) is 7.18. The molecule has 29 heavy (non-hydrogen) atoms. The molecule has 0 spiro atoms. The number of carbonyl (C=O) groups is 2. The summed E-state index contributed by atoms with van der Waals surface area (Å²) in [5.74, 6) is -3.43. The van der Waals surface area contributed by atoms with Crippen LogP contribution in [0, 0.1) is 16.0 Å². The monoisotopic (exact) mass is 406 g/mol. The molecule has 3 atom stereocenters. The number of nitro benzene ring substituents is 1. The lowest BCUT2D eigenvalue weighted by Crippen LogP contribution is -2.36. The summed E-state index contributed by atoms with van der Waals surface area (Å²) >= 11 is 0. The highest BCUT2D eigenvalue weighted by molar-refractivity contribution is 6.07. The van der Waals surface area contributed by atoms with E-state index >= 15 is 0 Å². The lowest BCUT2D eigenvalue weighted by Gasteiger charge is -2.31. The zero-order valence-electron chi connectivity index (χ0n) is 16.2. The maximum absolute atomic E-state index is 12.8. The van der Waals surface area contributed by atoms with Gasteiger partial charge < -0.3 is 19.7 Å². The second-order valence-electron chi connectivity index (χ2n) is 6.52. The van der Waals surface area contributed by atoms with E-state index in [0.29, 0.717) is 11.3 Å². The summed E-state index contributed by atoms with van der Waals surface area (Å²) in [4.78, 5) is 40.1. The van der Waals surface area contributed by atoms with Crippen molar-refractivity contribution in [3.63, 3.8) is 0 Å². The summed E-state index contributed by atoms with van der Waals surface area (Å²) in [6.07, 6.45) is -1.26. The van der Waals surface area contributed by atoms with Crippen molar-refractivity contribution < 1.29 is 34.2 Å². The quantitative estimate of drug-likeness (QED) is 0.389. The number of hydrogen-bond acceptors (Lipinski definition) is 9. The first-order valence-electron chi connectivity index (χ1n) is 8.75. The maximum Gasteiger partial charge on any atom is 0.336 e. The number of benzene rings is 1. The van der Waals surface area contributed by atoms with Gasteiger partial charge in [0.05, 0.1) is 24.2 Å². The average Bonchev–Trinajstić information content (AvgIpc) is 2.70. The van der Waals surface area contributed by atoms with Gasteiger partial charge in [0.2, 0.25) is 0 Å². The van der Waals surface area contributed by atoms with E-state index in [0.717, 1.165) is 0 Å². The molecule has 1 aliphatic rings. The minimum absolute atomic E-state index is 0.0247. The van der Waals surface area contributed by atoms with Crippen LogP contribution in [0.4, 0.5) is 5.69 Å². The number of rotatable bonds is 7. The third-order valence-electron chi connectivity index (χ3n) is 4.56. The third-order valence-corrected chi connectivity index (χ3v) is 4.56. The SMILES string of the molecule is COC(=O)C1C(C)=NC(C)=C(C(=O)OCC(O)CO)C1c1cccc([N+](=O)[O-])c1. The standard InChI is InChI=1S/C19H22N2O8/c1-10-15(18(24)28-3)17(12-5-4-6-13(7-12)21(26)27)16(11(2)20-10)19(25)29-9-14(23)8-22/h4-7,14-15,17,22-23H,8-9H2,1-3H3. The molecule has 0 saturated heterocycles. The summed E-state index contributed by atoms with van der Waals surface area (Å²) in [5.41, 5.74) is 0.835. The maximum atomic E-state index is 12.8. The number of aliphatic hydroxyl groups excluding tert-OH is 2. The Hall–Kier alpha value is -3.11. The van der Waals surface area contributed by atoms with E-state index in [4.69, 9.17) is 14.6 Å². The van der Waals surface area contributed by atoms with Crippen molar-refractivity contribution in [3.8, 4) is 0 Å². The van der Waals surface area contributed by atoms with Crippen molar-refractivity contribution >= 4 is 23.3 Å². The van der Waals surface area contributed by atoms with Gasteiger partial charge >= 0.3 is 11.9 Å². The van der Waals surface area contributed by atoms with Gasteiger partial charge in [-0.15, -0.1) is 0 Å². The Morgan fingerprint density at radius 3 is 2.62 bits per heavy atom. The van der Waals surface area contributed by atoms with E-state index in [1.165, 1.54) is 25.3 Å². The van der Waals surface area contributed by atoms with Gasteiger partial charge in [0.1, 0.15) is 18.6 Å². The second kappa shape index (κ2) is 9.39. The Labute approximate surface area is 166 Å². The Balaban J connectivity index is 2.58. The fourth-order valence-electron chi connectivity index (χ4n) is 3.23. The van der Waals surface area contributed by atoms with E-state index in [2.05, 4.69) is 4.99 Å². The molecule has 0 bridgehead atoms. The lowest BCUT2D eigenvalue weighted by molar-refractivity contribution is -0.384. The van der Waals surface area contributed by atoms with Gasteiger partial charge in [-0.1, -0.05) is 12.1 Å². The molecule has 0 aromatic heterocycles.